The quantitative estimate of drug-likeness (QED) is 0.794. The third-order valence-corrected chi connectivity index (χ3v) is 3.48. The van der Waals surface area contributed by atoms with E-state index in [2.05, 4.69) is 13.8 Å². The molecular formula is C16H26N2O2. The molecule has 1 rings (SSSR count). The second-order valence-electron chi connectivity index (χ2n) is 5.08. The standard InChI is InChI=1S/C16H26N2O2/c1-4-13(3)11-18(5-2)16(19)12-20-15-8-6-14(10-17)7-9-15/h6-9,13H,4-5,10-12,17H2,1-3H3. The average molecular weight is 278 g/mol. The largest absolute Gasteiger partial charge is 0.484 e. The molecule has 0 saturated carbocycles. The molecule has 0 aromatic heterocycles. The van der Waals surface area contributed by atoms with Crippen molar-refractivity contribution in [2.24, 2.45) is 11.7 Å². The fourth-order valence-corrected chi connectivity index (χ4v) is 1.87. The minimum atomic E-state index is 0.0377. The number of likely N-dealkylation sites (N-methyl/N-ethyl adjacent to an activating group) is 1. The molecule has 1 aromatic rings. The van der Waals surface area contributed by atoms with Crippen molar-refractivity contribution in [3.05, 3.63) is 29.8 Å². The summed E-state index contributed by atoms with van der Waals surface area (Å²) in [6, 6.07) is 7.52. The first-order chi connectivity index (χ1) is 9.60. The summed E-state index contributed by atoms with van der Waals surface area (Å²) < 4.78 is 5.53. The zero-order chi connectivity index (χ0) is 15.0. The van der Waals surface area contributed by atoms with Crippen LogP contribution < -0.4 is 10.5 Å². The first-order valence-electron chi connectivity index (χ1n) is 7.30. The molecule has 1 aromatic carbocycles. The average Bonchev–Trinajstić information content (AvgIpc) is 2.50. The smallest absolute Gasteiger partial charge is 0.260 e. The molecule has 1 atom stereocenters. The van der Waals surface area contributed by atoms with Gasteiger partial charge in [-0.3, -0.25) is 4.79 Å². The number of rotatable bonds is 8. The number of benzene rings is 1. The van der Waals surface area contributed by atoms with Crippen molar-refractivity contribution < 1.29 is 9.53 Å². The van der Waals surface area contributed by atoms with Crippen LogP contribution in [0.15, 0.2) is 24.3 Å². The second-order valence-corrected chi connectivity index (χ2v) is 5.08. The number of hydrogen-bond acceptors (Lipinski definition) is 3. The molecule has 0 aliphatic carbocycles. The highest BCUT2D eigenvalue weighted by Crippen LogP contribution is 2.12. The summed E-state index contributed by atoms with van der Waals surface area (Å²) >= 11 is 0. The third kappa shape index (κ3) is 5.21. The van der Waals surface area contributed by atoms with E-state index in [4.69, 9.17) is 10.5 Å². The summed E-state index contributed by atoms with van der Waals surface area (Å²) in [6.07, 6.45) is 1.07. The molecule has 20 heavy (non-hydrogen) atoms. The van der Waals surface area contributed by atoms with Gasteiger partial charge in [0.2, 0.25) is 0 Å². The molecule has 1 amide bonds. The van der Waals surface area contributed by atoms with Crippen LogP contribution in [-0.4, -0.2) is 30.5 Å². The highest BCUT2D eigenvalue weighted by molar-refractivity contribution is 5.77. The third-order valence-electron chi connectivity index (χ3n) is 3.48. The number of nitrogens with two attached hydrogens (primary N) is 1. The number of carbonyl (C=O) groups excluding carboxylic acids is 1. The molecule has 2 N–H and O–H groups in total. The molecular weight excluding hydrogens is 252 g/mol. The Hall–Kier alpha value is -1.55. The van der Waals surface area contributed by atoms with E-state index in [0.29, 0.717) is 18.2 Å². The van der Waals surface area contributed by atoms with Crippen molar-refractivity contribution >= 4 is 5.91 Å². The molecule has 0 heterocycles. The molecule has 0 saturated heterocycles. The van der Waals surface area contributed by atoms with Crippen LogP contribution in [0.3, 0.4) is 0 Å². The summed E-state index contributed by atoms with van der Waals surface area (Å²) in [5, 5.41) is 0. The Balaban J connectivity index is 2.47. The highest BCUT2D eigenvalue weighted by Gasteiger charge is 2.14. The van der Waals surface area contributed by atoms with Gasteiger partial charge in [-0.1, -0.05) is 32.4 Å². The van der Waals surface area contributed by atoms with Gasteiger partial charge >= 0.3 is 0 Å². The van der Waals surface area contributed by atoms with Crippen LogP contribution in [0.2, 0.25) is 0 Å². The molecule has 0 bridgehead atoms. The number of carbonyl (C=O) groups is 1. The lowest BCUT2D eigenvalue weighted by molar-refractivity contribution is -0.133. The van der Waals surface area contributed by atoms with Gasteiger partial charge in [0, 0.05) is 19.6 Å². The Morgan fingerprint density at radius 1 is 1.30 bits per heavy atom. The summed E-state index contributed by atoms with van der Waals surface area (Å²) in [7, 11) is 0. The van der Waals surface area contributed by atoms with E-state index in [-0.39, 0.29) is 12.5 Å². The summed E-state index contributed by atoms with van der Waals surface area (Å²) in [5.41, 5.74) is 6.59. The van der Waals surface area contributed by atoms with Crippen molar-refractivity contribution in [2.45, 2.75) is 33.7 Å². The minimum absolute atomic E-state index is 0.0377. The van der Waals surface area contributed by atoms with Gasteiger partial charge in [-0.05, 0) is 30.5 Å². The first-order valence-corrected chi connectivity index (χ1v) is 7.30. The Labute approximate surface area is 121 Å². The SMILES string of the molecule is CCC(C)CN(CC)C(=O)COc1ccc(CN)cc1. The van der Waals surface area contributed by atoms with Gasteiger partial charge in [0.05, 0.1) is 0 Å². The topological polar surface area (TPSA) is 55.6 Å². The molecule has 0 aliphatic rings. The Kier molecular flexibility index (Phi) is 7.09. The summed E-state index contributed by atoms with van der Waals surface area (Å²) in [4.78, 5) is 14.0. The summed E-state index contributed by atoms with van der Waals surface area (Å²) in [6.45, 7) is 8.40. The Morgan fingerprint density at radius 3 is 2.45 bits per heavy atom. The maximum atomic E-state index is 12.1. The van der Waals surface area contributed by atoms with Gasteiger partial charge < -0.3 is 15.4 Å². The highest BCUT2D eigenvalue weighted by atomic mass is 16.5. The molecule has 112 valence electrons. The predicted molar refractivity (Wildman–Crippen MR) is 81.5 cm³/mol. The molecule has 0 spiro atoms. The molecule has 0 radical (unpaired) electrons. The zero-order valence-corrected chi connectivity index (χ0v) is 12.8. The van der Waals surface area contributed by atoms with Crippen LogP contribution in [0.25, 0.3) is 0 Å². The molecule has 0 aliphatic heterocycles. The van der Waals surface area contributed by atoms with Crippen LogP contribution in [0.5, 0.6) is 5.75 Å². The van der Waals surface area contributed by atoms with Crippen LogP contribution in [0.1, 0.15) is 32.8 Å². The molecule has 4 heteroatoms. The van der Waals surface area contributed by atoms with Gasteiger partial charge in [0.25, 0.3) is 5.91 Å². The van der Waals surface area contributed by atoms with E-state index in [1.165, 1.54) is 0 Å². The Morgan fingerprint density at radius 2 is 1.95 bits per heavy atom. The van der Waals surface area contributed by atoms with Crippen molar-refractivity contribution in [1.82, 2.24) is 4.90 Å². The monoisotopic (exact) mass is 278 g/mol. The maximum absolute atomic E-state index is 12.1. The zero-order valence-electron chi connectivity index (χ0n) is 12.8. The van der Waals surface area contributed by atoms with Gasteiger partial charge in [0.15, 0.2) is 6.61 Å². The van der Waals surface area contributed by atoms with Crippen LogP contribution in [0, 0.1) is 5.92 Å². The molecule has 0 fully saturated rings. The normalized spacial score (nSPS) is 12.0. The van der Waals surface area contributed by atoms with Gasteiger partial charge in [-0.2, -0.15) is 0 Å². The van der Waals surface area contributed by atoms with Gasteiger partial charge in [-0.15, -0.1) is 0 Å². The number of amides is 1. The van der Waals surface area contributed by atoms with E-state index in [0.717, 1.165) is 25.1 Å². The van der Waals surface area contributed by atoms with Crippen molar-refractivity contribution in [2.75, 3.05) is 19.7 Å². The lowest BCUT2D eigenvalue weighted by atomic mass is 10.1. The van der Waals surface area contributed by atoms with Crippen molar-refractivity contribution in [3.63, 3.8) is 0 Å². The number of ether oxygens (including phenoxy) is 1. The molecule has 1 unspecified atom stereocenters. The number of hydrogen-bond donors (Lipinski definition) is 1. The fourth-order valence-electron chi connectivity index (χ4n) is 1.87. The van der Waals surface area contributed by atoms with E-state index >= 15 is 0 Å². The maximum Gasteiger partial charge on any atom is 0.260 e. The van der Waals surface area contributed by atoms with E-state index < -0.39 is 0 Å². The fraction of sp³-hybridized carbons (Fsp3) is 0.562. The molecule has 4 nitrogen and oxygen atoms in total. The van der Waals surface area contributed by atoms with E-state index in [1.54, 1.807) is 0 Å². The predicted octanol–water partition coefficient (Wildman–Crippen LogP) is 2.42. The van der Waals surface area contributed by atoms with Crippen LogP contribution in [-0.2, 0) is 11.3 Å². The van der Waals surface area contributed by atoms with E-state index in [9.17, 15) is 4.79 Å². The van der Waals surface area contributed by atoms with Crippen molar-refractivity contribution in [1.29, 1.82) is 0 Å². The van der Waals surface area contributed by atoms with Crippen LogP contribution >= 0.6 is 0 Å². The first kappa shape index (κ1) is 16.5. The minimum Gasteiger partial charge on any atom is -0.484 e. The lowest BCUT2D eigenvalue weighted by Gasteiger charge is -2.24. The van der Waals surface area contributed by atoms with E-state index in [1.807, 2.05) is 36.1 Å². The van der Waals surface area contributed by atoms with Gasteiger partial charge in [0.1, 0.15) is 5.75 Å². The lowest BCUT2D eigenvalue weighted by Crippen LogP contribution is -2.37. The summed E-state index contributed by atoms with van der Waals surface area (Å²) in [5.74, 6) is 1.26. The Bertz CT molecular complexity index is 403. The van der Waals surface area contributed by atoms with Crippen LogP contribution in [0.4, 0.5) is 0 Å². The van der Waals surface area contributed by atoms with Crippen molar-refractivity contribution in [3.8, 4) is 5.75 Å². The second kappa shape index (κ2) is 8.59. The number of nitrogens with zero attached hydrogens (tertiary/aromatic N) is 1. The van der Waals surface area contributed by atoms with Gasteiger partial charge in [-0.25, -0.2) is 0 Å².